The monoisotopic (exact) mass is 248 g/mol. The Bertz CT molecular complexity index is 801. The Hall–Kier alpha value is -2.61. The van der Waals surface area contributed by atoms with Gasteiger partial charge in [0.2, 0.25) is 0 Å². The molecular formula is C17H12O2. The van der Waals surface area contributed by atoms with Crippen molar-refractivity contribution in [2.24, 2.45) is 0 Å². The molecule has 0 spiro atoms. The van der Waals surface area contributed by atoms with E-state index in [2.05, 4.69) is 24.3 Å². The Labute approximate surface area is 110 Å². The summed E-state index contributed by atoms with van der Waals surface area (Å²) in [6.07, 6.45) is 2.76. The molecule has 0 bridgehead atoms. The number of aliphatic carboxylic acids is 1. The van der Waals surface area contributed by atoms with Crippen LogP contribution >= 0.6 is 0 Å². The number of benzene rings is 3. The van der Waals surface area contributed by atoms with E-state index in [9.17, 15) is 4.79 Å². The average molecular weight is 248 g/mol. The maximum Gasteiger partial charge on any atom is 0.328 e. The summed E-state index contributed by atoms with van der Waals surface area (Å²) >= 11 is 0. The highest BCUT2D eigenvalue weighted by molar-refractivity contribution is 6.07. The van der Waals surface area contributed by atoms with Crippen molar-refractivity contribution in [3.05, 3.63) is 66.2 Å². The van der Waals surface area contributed by atoms with Gasteiger partial charge < -0.3 is 5.11 Å². The van der Waals surface area contributed by atoms with Gasteiger partial charge in [0.05, 0.1) is 0 Å². The Balaban J connectivity index is 2.20. The van der Waals surface area contributed by atoms with Crippen LogP contribution in [-0.2, 0) is 4.79 Å². The van der Waals surface area contributed by atoms with Gasteiger partial charge >= 0.3 is 5.97 Å². The van der Waals surface area contributed by atoms with E-state index in [1.165, 1.54) is 16.2 Å². The van der Waals surface area contributed by atoms with Crippen LogP contribution in [0.15, 0.2) is 60.7 Å². The van der Waals surface area contributed by atoms with E-state index in [-0.39, 0.29) is 0 Å². The number of hydrogen-bond acceptors (Lipinski definition) is 1. The molecule has 0 amide bonds. The summed E-state index contributed by atoms with van der Waals surface area (Å²) < 4.78 is 0. The van der Waals surface area contributed by atoms with E-state index in [1.54, 1.807) is 6.08 Å². The van der Waals surface area contributed by atoms with E-state index in [1.807, 2.05) is 30.3 Å². The first-order valence-electron chi connectivity index (χ1n) is 6.06. The van der Waals surface area contributed by atoms with Crippen LogP contribution in [-0.4, -0.2) is 11.1 Å². The lowest BCUT2D eigenvalue weighted by molar-refractivity contribution is -0.131. The Kier molecular flexibility index (Phi) is 2.76. The Morgan fingerprint density at radius 3 is 2.47 bits per heavy atom. The Morgan fingerprint density at radius 2 is 1.63 bits per heavy atom. The number of carbonyl (C=O) groups is 1. The van der Waals surface area contributed by atoms with Gasteiger partial charge in [0.1, 0.15) is 0 Å². The zero-order valence-electron chi connectivity index (χ0n) is 10.2. The van der Waals surface area contributed by atoms with E-state index in [0.717, 1.165) is 17.0 Å². The van der Waals surface area contributed by atoms with Gasteiger partial charge in [-0.1, -0.05) is 48.5 Å². The summed E-state index contributed by atoms with van der Waals surface area (Å²) in [6, 6.07) is 18.4. The largest absolute Gasteiger partial charge is 0.478 e. The molecule has 0 fully saturated rings. The third kappa shape index (κ3) is 2.20. The quantitative estimate of drug-likeness (QED) is 0.548. The van der Waals surface area contributed by atoms with E-state index in [4.69, 9.17) is 5.11 Å². The van der Waals surface area contributed by atoms with Crippen LogP contribution in [0.1, 0.15) is 5.56 Å². The summed E-state index contributed by atoms with van der Waals surface area (Å²) in [5.74, 6) is -0.932. The summed E-state index contributed by atoms with van der Waals surface area (Å²) in [4.78, 5) is 10.5. The van der Waals surface area contributed by atoms with Crippen LogP contribution < -0.4 is 0 Å². The van der Waals surface area contributed by atoms with Gasteiger partial charge in [-0.15, -0.1) is 0 Å². The predicted octanol–water partition coefficient (Wildman–Crippen LogP) is 4.09. The van der Waals surface area contributed by atoms with Crippen LogP contribution in [0.3, 0.4) is 0 Å². The standard InChI is InChI=1S/C17H12O2/c18-17(19)10-6-12-5-9-16-14(11-12)8-7-13-3-1-2-4-15(13)16/h1-11H,(H,18,19)/b10-6+. The fraction of sp³-hybridized carbons (Fsp3) is 0. The van der Waals surface area contributed by atoms with Crippen LogP contribution in [0.4, 0.5) is 0 Å². The zero-order chi connectivity index (χ0) is 13.2. The van der Waals surface area contributed by atoms with Gasteiger partial charge in [-0.3, -0.25) is 0 Å². The van der Waals surface area contributed by atoms with Gasteiger partial charge in [-0.25, -0.2) is 4.79 Å². The van der Waals surface area contributed by atoms with Gasteiger partial charge in [0, 0.05) is 6.08 Å². The normalized spacial score (nSPS) is 11.4. The number of fused-ring (bicyclic) bond motifs is 3. The molecule has 0 heterocycles. The molecule has 0 aliphatic carbocycles. The molecule has 0 radical (unpaired) electrons. The van der Waals surface area contributed by atoms with Crippen molar-refractivity contribution < 1.29 is 9.90 Å². The Morgan fingerprint density at radius 1 is 0.895 bits per heavy atom. The van der Waals surface area contributed by atoms with Gasteiger partial charge in [-0.2, -0.15) is 0 Å². The second kappa shape index (κ2) is 4.58. The van der Waals surface area contributed by atoms with E-state index < -0.39 is 5.97 Å². The SMILES string of the molecule is O=C(O)/C=C/c1ccc2c(ccc3ccccc32)c1. The first kappa shape index (κ1) is 11.5. The third-order valence-corrected chi connectivity index (χ3v) is 3.19. The van der Waals surface area contributed by atoms with Crippen LogP contribution in [0, 0.1) is 0 Å². The average Bonchev–Trinajstić information content (AvgIpc) is 2.44. The molecule has 19 heavy (non-hydrogen) atoms. The number of hydrogen-bond donors (Lipinski definition) is 1. The first-order chi connectivity index (χ1) is 9.24. The lowest BCUT2D eigenvalue weighted by atomic mass is 10.00. The number of carboxylic acid groups (broad SMARTS) is 1. The van der Waals surface area contributed by atoms with Crippen LogP contribution in [0.25, 0.3) is 27.6 Å². The fourth-order valence-corrected chi connectivity index (χ4v) is 2.30. The molecule has 3 aromatic rings. The van der Waals surface area contributed by atoms with Crippen molar-refractivity contribution in [2.75, 3.05) is 0 Å². The molecule has 0 aromatic heterocycles. The lowest BCUT2D eigenvalue weighted by Gasteiger charge is -2.04. The molecule has 2 nitrogen and oxygen atoms in total. The molecule has 92 valence electrons. The smallest absolute Gasteiger partial charge is 0.328 e. The molecule has 3 rings (SSSR count). The molecule has 0 aliphatic heterocycles. The summed E-state index contributed by atoms with van der Waals surface area (Å²) in [5, 5.41) is 13.4. The first-order valence-corrected chi connectivity index (χ1v) is 6.06. The second-order valence-electron chi connectivity index (χ2n) is 4.44. The minimum atomic E-state index is -0.932. The van der Waals surface area contributed by atoms with E-state index in [0.29, 0.717) is 0 Å². The summed E-state index contributed by atoms with van der Waals surface area (Å²) in [5.41, 5.74) is 0.894. The minimum absolute atomic E-state index is 0.894. The van der Waals surface area contributed by atoms with Crippen LogP contribution in [0.5, 0.6) is 0 Å². The second-order valence-corrected chi connectivity index (χ2v) is 4.44. The highest BCUT2D eigenvalue weighted by Crippen LogP contribution is 2.26. The van der Waals surface area contributed by atoms with Crippen LogP contribution in [0.2, 0.25) is 0 Å². The molecule has 0 aliphatic rings. The maximum atomic E-state index is 10.5. The molecular weight excluding hydrogens is 236 g/mol. The highest BCUT2D eigenvalue weighted by atomic mass is 16.4. The molecule has 3 aromatic carbocycles. The molecule has 0 atom stereocenters. The van der Waals surface area contributed by atoms with Crippen molar-refractivity contribution in [2.45, 2.75) is 0 Å². The van der Waals surface area contributed by atoms with Gasteiger partial charge in [-0.05, 0) is 39.3 Å². The molecule has 0 unspecified atom stereocenters. The van der Waals surface area contributed by atoms with Gasteiger partial charge in [0.25, 0.3) is 0 Å². The van der Waals surface area contributed by atoms with Crippen molar-refractivity contribution in [3.8, 4) is 0 Å². The van der Waals surface area contributed by atoms with Gasteiger partial charge in [0.15, 0.2) is 0 Å². The molecule has 0 saturated heterocycles. The zero-order valence-corrected chi connectivity index (χ0v) is 10.2. The predicted molar refractivity (Wildman–Crippen MR) is 78.1 cm³/mol. The minimum Gasteiger partial charge on any atom is -0.478 e. The van der Waals surface area contributed by atoms with Crippen molar-refractivity contribution in [1.29, 1.82) is 0 Å². The topological polar surface area (TPSA) is 37.3 Å². The number of carboxylic acids is 1. The molecule has 2 heteroatoms. The fourth-order valence-electron chi connectivity index (χ4n) is 2.30. The highest BCUT2D eigenvalue weighted by Gasteiger charge is 2.00. The maximum absolute atomic E-state index is 10.5. The molecule has 0 saturated carbocycles. The summed E-state index contributed by atoms with van der Waals surface area (Å²) in [7, 11) is 0. The molecule has 1 N–H and O–H groups in total. The third-order valence-electron chi connectivity index (χ3n) is 3.19. The van der Waals surface area contributed by atoms with Crippen molar-refractivity contribution in [1.82, 2.24) is 0 Å². The number of rotatable bonds is 2. The summed E-state index contributed by atoms with van der Waals surface area (Å²) in [6.45, 7) is 0. The van der Waals surface area contributed by atoms with Crippen molar-refractivity contribution >= 4 is 33.6 Å². The van der Waals surface area contributed by atoms with E-state index >= 15 is 0 Å². The lowest BCUT2D eigenvalue weighted by Crippen LogP contribution is -1.85. The van der Waals surface area contributed by atoms with Crippen molar-refractivity contribution in [3.63, 3.8) is 0 Å².